The van der Waals surface area contributed by atoms with E-state index in [1.165, 1.54) is 57.8 Å². The third kappa shape index (κ3) is 3.55. The van der Waals surface area contributed by atoms with Gasteiger partial charge in [0.25, 0.3) is 0 Å². The molecule has 3 aliphatic rings. The summed E-state index contributed by atoms with van der Waals surface area (Å²) in [6.07, 6.45) is 13.0. The molecule has 1 N–H and O–H groups in total. The van der Waals surface area contributed by atoms with Gasteiger partial charge in [-0.15, -0.1) is 0 Å². The summed E-state index contributed by atoms with van der Waals surface area (Å²) in [5.41, 5.74) is 0. The van der Waals surface area contributed by atoms with Gasteiger partial charge in [0.1, 0.15) is 0 Å². The summed E-state index contributed by atoms with van der Waals surface area (Å²) in [4.78, 5) is 2.74. The molecule has 2 saturated carbocycles. The number of fused-ring (bicyclic) bond motifs is 1. The number of rotatable bonds is 4. The summed E-state index contributed by atoms with van der Waals surface area (Å²) in [5.74, 6) is 0. The molecular weight excluding hydrogens is 248 g/mol. The Kier molecular flexibility index (Phi) is 5.36. The van der Waals surface area contributed by atoms with E-state index >= 15 is 0 Å². The van der Waals surface area contributed by atoms with Gasteiger partial charge < -0.3 is 10.1 Å². The lowest BCUT2D eigenvalue weighted by Crippen LogP contribution is -2.58. The molecule has 0 spiro atoms. The predicted molar refractivity (Wildman–Crippen MR) is 83.0 cm³/mol. The van der Waals surface area contributed by atoms with E-state index in [9.17, 15) is 0 Å². The van der Waals surface area contributed by atoms with Gasteiger partial charge in [0.15, 0.2) is 0 Å². The van der Waals surface area contributed by atoms with Crippen molar-refractivity contribution < 1.29 is 4.74 Å². The van der Waals surface area contributed by atoms with Crippen LogP contribution in [0.25, 0.3) is 0 Å². The molecule has 3 nitrogen and oxygen atoms in total. The van der Waals surface area contributed by atoms with Gasteiger partial charge >= 0.3 is 0 Å². The van der Waals surface area contributed by atoms with Gasteiger partial charge in [0.2, 0.25) is 0 Å². The number of nitrogens with one attached hydrogen (secondary N) is 1. The molecule has 2 aliphatic carbocycles. The maximum atomic E-state index is 5.99. The highest BCUT2D eigenvalue weighted by molar-refractivity contribution is 4.90. The maximum Gasteiger partial charge on any atom is 0.0731 e. The lowest BCUT2D eigenvalue weighted by Gasteiger charge is -2.46. The van der Waals surface area contributed by atoms with E-state index in [-0.39, 0.29) is 0 Å². The van der Waals surface area contributed by atoms with Crippen LogP contribution in [0.3, 0.4) is 0 Å². The summed E-state index contributed by atoms with van der Waals surface area (Å²) >= 11 is 0. The van der Waals surface area contributed by atoms with Crippen molar-refractivity contribution in [3.8, 4) is 0 Å². The van der Waals surface area contributed by atoms with Crippen LogP contribution in [0.1, 0.15) is 64.7 Å². The van der Waals surface area contributed by atoms with Gasteiger partial charge in [-0.1, -0.05) is 32.1 Å². The van der Waals surface area contributed by atoms with Crippen LogP contribution in [-0.2, 0) is 4.74 Å². The van der Waals surface area contributed by atoms with Crippen LogP contribution in [-0.4, -0.2) is 48.8 Å². The fraction of sp³-hybridized carbons (Fsp3) is 1.00. The summed E-state index contributed by atoms with van der Waals surface area (Å²) < 4.78 is 5.99. The quantitative estimate of drug-likeness (QED) is 0.857. The SMILES string of the molecule is CC(CNC1CCCCC1)N1CCOC2CCCCC21. The van der Waals surface area contributed by atoms with Crippen molar-refractivity contribution >= 4 is 0 Å². The van der Waals surface area contributed by atoms with E-state index in [1.807, 2.05) is 0 Å². The lowest BCUT2D eigenvalue weighted by atomic mass is 9.89. The Balaban J connectivity index is 1.48. The highest BCUT2D eigenvalue weighted by Crippen LogP contribution is 2.29. The van der Waals surface area contributed by atoms with E-state index in [2.05, 4.69) is 17.1 Å². The van der Waals surface area contributed by atoms with Crippen molar-refractivity contribution in [2.24, 2.45) is 0 Å². The van der Waals surface area contributed by atoms with E-state index in [4.69, 9.17) is 4.74 Å². The number of ether oxygens (including phenoxy) is 1. The van der Waals surface area contributed by atoms with E-state index in [0.29, 0.717) is 18.2 Å². The molecule has 1 aliphatic heterocycles. The zero-order chi connectivity index (χ0) is 13.8. The van der Waals surface area contributed by atoms with Crippen molar-refractivity contribution in [3.05, 3.63) is 0 Å². The highest BCUT2D eigenvalue weighted by Gasteiger charge is 2.36. The normalized spacial score (nSPS) is 34.6. The van der Waals surface area contributed by atoms with Crippen LogP contribution >= 0.6 is 0 Å². The van der Waals surface area contributed by atoms with Gasteiger partial charge in [-0.3, -0.25) is 4.90 Å². The second-order valence-corrected chi connectivity index (χ2v) is 7.09. The Labute approximate surface area is 124 Å². The second-order valence-electron chi connectivity index (χ2n) is 7.09. The van der Waals surface area contributed by atoms with Gasteiger partial charge in [0, 0.05) is 31.2 Å². The summed E-state index contributed by atoms with van der Waals surface area (Å²) in [6, 6.07) is 2.14. The molecule has 3 unspecified atom stereocenters. The second kappa shape index (κ2) is 7.24. The third-order valence-electron chi connectivity index (χ3n) is 5.65. The van der Waals surface area contributed by atoms with Crippen LogP contribution in [0, 0.1) is 0 Å². The van der Waals surface area contributed by atoms with Crippen LogP contribution in [0.15, 0.2) is 0 Å². The molecule has 1 saturated heterocycles. The highest BCUT2D eigenvalue weighted by atomic mass is 16.5. The molecule has 3 atom stereocenters. The number of nitrogens with zero attached hydrogens (tertiary/aromatic N) is 1. The average Bonchev–Trinajstić information content (AvgIpc) is 2.53. The van der Waals surface area contributed by atoms with Crippen LogP contribution in [0.4, 0.5) is 0 Å². The largest absolute Gasteiger partial charge is 0.375 e. The van der Waals surface area contributed by atoms with Crippen molar-refractivity contribution in [2.75, 3.05) is 19.7 Å². The van der Waals surface area contributed by atoms with Gasteiger partial charge in [-0.05, 0) is 32.6 Å². The Bertz CT molecular complexity index is 289. The summed E-state index contributed by atoms with van der Waals surface area (Å²) in [5, 5.41) is 3.83. The van der Waals surface area contributed by atoms with Gasteiger partial charge in [-0.25, -0.2) is 0 Å². The number of hydrogen-bond acceptors (Lipinski definition) is 3. The molecule has 0 aromatic rings. The first-order valence-electron chi connectivity index (χ1n) is 8.95. The minimum atomic E-state index is 0.523. The van der Waals surface area contributed by atoms with Crippen LogP contribution in [0.2, 0.25) is 0 Å². The maximum absolute atomic E-state index is 5.99. The molecule has 0 bridgehead atoms. The zero-order valence-electron chi connectivity index (χ0n) is 13.2. The van der Waals surface area contributed by atoms with Crippen molar-refractivity contribution in [1.82, 2.24) is 10.2 Å². The Hall–Kier alpha value is -0.120. The Morgan fingerprint density at radius 2 is 1.80 bits per heavy atom. The summed E-state index contributed by atoms with van der Waals surface area (Å²) in [7, 11) is 0. The molecule has 1 heterocycles. The molecule has 3 heteroatoms. The first-order valence-corrected chi connectivity index (χ1v) is 8.95. The number of morpholine rings is 1. The molecule has 116 valence electrons. The molecule has 3 fully saturated rings. The van der Waals surface area contributed by atoms with E-state index in [0.717, 1.165) is 25.7 Å². The molecule has 20 heavy (non-hydrogen) atoms. The molecule has 0 amide bonds. The predicted octanol–water partition coefficient (Wildman–Crippen LogP) is 2.94. The van der Waals surface area contributed by atoms with Crippen molar-refractivity contribution in [1.29, 1.82) is 0 Å². The molecular formula is C17H32N2O. The summed E-state index contributed by atoms with van der Waals surface area (Å²) in [6.45, 7) is 5.64. The molecule has 0 aromatic carbocycles. The average molecular weight is 280 g/mol. The first kappa shape index (κ1) is 14.8. The smallest absolute Gasteiger partial charge is 0.0731 e. The Morgan fingerprint density at radius 1 is 1.05 bits per heavy atom. The standard InChI is InChI=1S/C17H32N2O/c1-14(13-18-15-7-3-2-4-8-15)19-11-12-20-17-10-6-5-9-16(17)19/h14-18H,2-13H2,1H3. The monoisotopic (exact) mass is 280 g/mol. The fourth-order valence-corrected chi connectivity index (χ4v) is 4.43. The number of hydrogen-bond donors (Lipinski definition) is 1. The first-order chi connectivity index (χ1) is 9.84. The van der Waals surface area contributed by atoms with Crippen LogP contribution < -0.4 is 5.32 Å². The zero-order valence-corrected chi connectivity index (χ0v) is 13.2. The topological polar surface area (TPSA) is 24.5 Å². The molecule has 0 aromatic heterocycles. The van der Waals surface area contributed by atoms with Gasteiger partial charge in [-0.2, -0.15) is 0 Å². The van der Waals surface area contributed by atoms with Crippen LogP contribution in [0.5, 0.6) is 0 Å². The lowest BCUT2D eigenvalue weighted by molar-refractivity contribution is -0.1000. The van der Waals surface area contributed by atoms with E-state index in [1.54, 1.807) is 0 Å². The Morgan fingerprint density at radius 3 is 2.65 bits per heavy atom. The van der Waals surface area contributed by atoms with E-state index < -0.39 is 0 Å². The van der Waals surface area contributed by atoms with Crippen molar-refractivity contribution in [2.45, 2.75) is 88.9 Å². The third-order valence-corrected chi connectivity index (χ3v) is 5.65. The minimum Gasteiger partial charge on any atom is -0.375 e. The van der Waals surface area contributed by atoms with Crippen molar-refractivity contribution in [3.63, 3.8) is 0 Å². The molecule has 0 radical (unpaired) electrons. The minimum absolute atomic E-state index is 0.523. The fourth-order valence-electron chi connectivity index (χ4n) is 4.43. The molecule has 3 rings (SSSR count). The van der Waals surface area contributed by atoms with Gasteiger partial charge in [0.05, 0.1) is 12.7 Å².